The van der Waals surface area contributed by atoms with Crippen molar-refractivity contribution in [1.82, 2.24) is 9.97 Å². The van der Waals surface area contributed by atoms with Gasteiger partial charge in [-0.05, 0) is 19.4 Å². The SMILES string of the molecule is CC(CC(C)(O)CN)Sc1ncnc2ccccc12. The van der Waals surface area contributed by atoms with Crippen LogP contribution in [0.2, 0.25) is 0 Å². The molecule has 0 fully saturated rings. The van der Waals surface area contributed by atoms with Crippen LogP contribution in [0.15, 0.2) is 35.6 Å². The van der Waals surface area contributed by atoms with Crippen molar-refractivity contribution in [2.24, 2.45) is 5.73 Å². The largest absolute Gasteiger partial charge is 0.389 e. The monoisotopic (exact) mass is 277 g/mol. The third kappa shape index (κ3) is 3.65. The minimum Gasteiger partial charge on any atom is -0.389 e. The third-order valence-electron chi connectivity index (χ3n) is 2.99. The van der Waals surface area contributed by atoms with Crippen LogP contribution in [0.25, 0.3) is 10.9 Å². The molecule has 5 heteroatoms. The summed E-state index contributed by atoms with van der Waals surface area (Å²) in [6, 6.07) is 7.94. The topological polar surface area (TPSA) is 72.0 Å². The molecule has 2 rings (SSSR count). The summed E-state index contributed by atoms with van der Waals surface area (Å²) in [6.07, 6.45) is 2.21. The van der Waals surface area contributed by atoms with E-state index in [-0.39, 0.29) is 11.8 Å². The number of hydrogen-bond acceptors (Lipinski definition) is 5. The predicted octanol–water partition coefficient (Wildman–Crippen LogP) is 2.21. The van der Waals surface area contributed by atoms with Crippen LogP contribution in [0.1, 0.15) is 20.3 Å². The molecule has 1 heterocycles. The van der Waals surface area contributed by atoms with E-state index >= 15 is 0 Å². The highest BCUT2D eigenvalue weighted by Crippen LogP contribution is 2.31. The van der Waals surface area contributed by atoms with Gasteiger partial charge in [-0.15, -0.1) is 11.8 Å². The lowest BCUT2D eigenvalue weighted by Crippen LogP contribution is -2.36. The standard InChI is InChI=1S/C14H19N3OS/c1-10(7-14(2,18)8-15)19-13-11-5-3-4-6-12(11)16-9-17-13/h3-6,9-10,18H,7-8,15H2,1-2H3. The van der Waals surface area contributed by atoms with Gasteiger partial charge in [0.2, 0.25) is 0 Å². The molecule has 102 valence electrons. The van der Waals surface area contributed by atoms with Crippen LogP contribution in [0.3, 0.4) is 0 Å². The fourth-order valence-corrected chi connectivity index (χ4v) is 3.24. The van der Waals surface area contributed by atoms with Gasteiger partial charge in [0.1, 0.15) is 11.4 Å². The van der Waals surface area contributed by atoms with Gasteiger partial charge >= 0.3 is 0 Å². The molecule has 2 unspecified atom stereocenters. The second-order valence-corrected chi connectivity index (χ2v) is 6.46. The molecule has 1 aromatic carbocycles. The number of para-hydroxylation sites is 1. The minimum atomic E-state index is -0.824. The highest BCUT2D eigenvalue weighted by molar-refractivity contribution is 8.00. The zero-order valence-electron chi connectivity index (χ0n) is 11.2. The van der Waals surface area contributed by atoms with Gasteiger partial charge in [0.15, 0.2) is 0 Å². The quantitative estimate of drug-likeness (QED) is 0.647. The van der Waals surface area contributed by atoms with Crippen molar-refractivity contribution in [2.45, 2.75) is 36.1 Å². The van der Waals surface area contributed by atoms with Gasteiger partial charge in [-0.3, -0.25) is 0 Å². The molecule has 2 atom stereocenters. The molecule has 0 bridgehead atoms. The fraction of sp³-hybridized carbons (Fsp3) is 0.429. The first-order chi connectivity index (χ1) is 9.02. The molecule has 0 saturated carbocycles. The normalized spacial score (nSPS) is 16.2. The molecule has 2 aromatic rings. The Morgan fingerprint density at radius 1 is 1.37 bits per heavy atom. The summed E-state index contributed by atoms with van der Waals surface area (Å²) in [4.78, 5) is 8.59. The first kappa shape index (κ1) is 14.2. The number of thioether (sulfide) groups is 1. The fourth-order valence-electron chi connectivity index (χ4n) is 2.01. The zero-order chi connectivity index (χ0) is 13.9. The highest BCUT2D eigenvalue weighted by Gasteiger charge is 2.22. The predicted molar refractivity (Wildman–Crippen MR) is 79.2 cm³/mol. The van der Waals surface area contributed by atoms with Crippen LogP contribution in [-0.4, -0.2) is 32.5 Å². The molecule has 0 aliphatic rings. The van der Waals surface area contributed by atoms with Crippen LogP contribution in [0.5, 0.6) is 0 Å². The van der Waals surface area contributed by atoms with Crippen molar-refractivity contribution in [3.8, 4) is 0 Å². The van der Waals surface area contributed by atoms with Gasteiger partial charge < -0.3 is 10.8 Å². The van der Waals surface area contributed by atoms with Crippen LogP contribution in [-0.2, 0) is 0 Å². The van der Waals surface area contributed by atoms with E-state index in [1.807, 2.05) is 24.3 Å². The van der Waals surface area contributed by atoms with Crippen molar-refractivity contribution >= 4 is 22.7 Å². The van der Waals surface area contributed by atoms with E-state index in [0.717, 1.165) is 15.9 Å². The second kappa shape index (κ2) is 5.86. The lowest BCUT2D eigenvalue weighted by Gasteiger charge is -2.24. The van der Waals surface area contributed by atoms with Crippen LogP contribution in [0.4, 0.5) is 0 Å². The van der Waals surface area contributed by atoms with Gasteiger partial charge in [0, 0.05) is 17.2 Å². The molecule has 4 nitrogen and oxygen atoms in total. The van der Waals surface area contributed by atoms with Crippen LogP contribution < -0.4 is 5.73 Å². The van der Waals surface area contributed by atoms with Crippen LogP contribution >= 0.6 is 11.8 Å². The van der Waals surface area contributed by atoms with Crippen molar-refractivity contribution in [3.63, 3.8) is 0 Å². The molecule has 0 aliphatic heterocycles. The average Bonchev–Trinajstić information content (AvgIpc) is 2.38. The molecular formula is C14H19N3OS. The molecule has 0 amide bonds. The summed E-state index contributed by atoms with van der Waals surface area (Å²) in [5, 5.41) is 12.2. The van der Waals surface area contributed by atoms with Crippen molar-refractivity contribution in [2.75, 3.05) is 6.54 Å². The van der Waals surface area contributed by atoms with E-state index in [2.05, 4.69) is 16.9 Å². The zero-order valence-corrected chi connectivity index (χ0v) is 12.0. The Labute approximate surface area is 117 Å². The molecule has 1 aromatic heterocycles. The molecule has 0 spiro atoms. The summed E-state index contributed by atoms with van der Waals surface area (Å²) in [7, 11) is 0. The smallest absolute Gasteiger partial charge is 0.117 e. The van der Waals surface area contributed by atoms with Crippen molar-refractivity contribution in [1.29, 1.82) is 0 Å². The number of benzene rings is 1. The minimum absolute atomic E-state index is 0.233. The van der Waals surface area contributed by atoms with E-state index in [0.29, 0.717) is 6.42 Å². The Bertz CT molecular complexity index is 554. The van der Waals surface area contributed by atoms with Gasteiger partial charge in [-0.2, -0.15) is 0 Å². The lowest BCUT2D eigenvalue weighted by atomic mass is 10.0. The maximum atomic E-state index is 10.0. The lowest BCUT2D eigenvalue weighted by molar-refractivity contribution is 0.0608. The van der Waals surface area contributed by atoms with Gasteiger partial charge in [0.05, 0.1) is 11.1 Å². The molecule has 3 N–H and O–H groups in total. The first-order valence-electron chi connectivity index (χ1n) is 6.31. The number of hydrogen-bond donors (Lipinski definition) is 2. The Balaban J connectivity index is 2.17. The Morgan fingerprint density at radius 2 is 2.11 bits per heavy atom. The number of aliphatic hydroxyl groups is 1. The Hall–Kier alpha value is -1.17. The first-order valence-corrected chi connectivity index (χ1v) is 7.19. The van der Waals surface area contributed by atoms with E-state index in [1.54, 1.807) is 25.0 Å². The summed E-state index contributed by atoms with van der Waals surface area (Å²) in [5.41, 5.74) is 5.67. The van der Waals surface area contributed by atoms with E-state index in [1.165, 1.54) is 0 Å². The van der Waals surface area contributed by atoms with Crippen molar-refractivity contribution < 1.29 is 5.11 Å². The summed E-state index contributed by atoms with van der Waals surface area (Å²) in [5.74, 6) is 0. The van der Waals surface area contributed by atoms with E-state index in [9.17, 15) is 5.11 Å². The summed E-state index contributed by atoms with van der Waals surface area (Å²) < 4.78 is 0. The number of rotatable bonds is 5. The number of fused-ring (bicyclic) bond motifs is 1. The maximum Gasteiger partial charge on any atom is 0.117 e. The number of nitrogens with zero attached hydrogens (tertiary/aromatic N) is 2. The molecule has 0 saturated heterocycles. The molecular weight excluding hydrogens is 258 g/mol. The van der Waals surface area contributed by atoms with Gasteiger partial charge in [-0.1, -0.05) is 25.1 Å². The molecule has 19 heavy (non-hydrogen) atoms. The third-order valence-corrected chi connectivity index (χ3v) is 4.10. The summed E-state index contributed by atoms with van der Waals surface area (Å²) >= 11 is 1.65. The van der Waals surface area contributed by atoms with E-state index < -0.39 is 5.60 Å². The molecule has 0 radical (unpaired) electrons. The number of aromatic nitrogens is 2. The van der Waals surface area contributed by atoms with E-state index in [4.69, 9.17) is 5.73 Å². The van der Waals surface area contributed by atoms with Crippen LogP contribution in [0, 0.1) is 0 Å². The maximum absolute atomic E-state index is 10.0. The Kier molecular flexibility index (Phi) is 4.39. The van der Waals surface area contributed by atoms with Gasteiger partial charge in [0.25, 0.3) is 0 Å². The second-order valence-electron chi connectivity index (χ2n) is 5.03. The summed E-state index contributed by atoms with van der Waals surface area (Å²) in [6.45, 7) is 4.11. The number of nitrogens with two attached hydrogens (primary N) is 1. The average molecular weight is 277 g/mol. The highest BCUT2D eigenvalue weighted by atomic mass is 32.2. The Morgan fingerprint density at radius 3 is 2.84 bits per heavy atom. The molecule has 0 aliphatic carbocycles. The van der Waals surface area contributed by atoms with Gasteiger partial charge in [-0.25, -0.2) is 9.97 Å². The van der Waals surface area contributed by atoms with Crippen molar-refractivity contribution in [3.05, 3.63) is 30.6 Å².